The number of carbonyl (C=O) groups is 1. The van der Waals surface area contributed by atoms with E-state index in [1.165, 1.54) is 0 Å². The summed E-state index contributed by atoms with van der Waals surface area (Å²) in [5, 5.41) is 13.2. The van der Waals surface area contributed by atoms with Crippen molar-refractivity contribution in [3.8, 4) is 11.3 Å². The molecular formula is C21H21N3O2. The molecule has 0 bridgehead atoms. The second kappa shape index (κ2) is 8.36. The van der Waals surface area contributed by atoms with E-state index in [-0.39, 0.29) is 11.9 Å². The fourth-order valence-electron chi connectivity index (χ4n) is 2.66. The molecule has 5 heteroatoms. The molecule has 0 aliphatic carbocycles. The Morgan fingerprint density at radius 3 is 2.46 bits per heavy atom. The van der Waals surface area contributed by atoms with Gasteiger partial charge in [-0.2, -0.15) is 0 Å². The highest BCUT2D eigenvalue weighted by Crippen LogP contribution is 2.16. The summed E-state index contributed by atoms with van der Waals surface area (Å²) >= 11 is 0. The number of hydrogen-bond donors (Lipinski definition) is 2. The number of aliphatic hydroxyl groups is 1. The maximum absolute atomic E-state index is 12.4. The van der Waals surface area contributed by atoms with Crippen LogP contribution in [0.2, 0.25) is 0 Å². The number of rotatable bonds is 6. The van der Waals surface area contributed by atoms with E-state index in [4.69, 9.17) is 0 Å². The maximum Gasteiger partial charge on any atom is 0.251 e. The molecule has 0 saturated heterocycles. The lowest BCUT2D eigenvalue weighted by molar-refractivity contribution is 0.0852. The van der Waals surface area contributed by atoms with Crippen molar-refractivity contribution in [1.29, 1.82) is 0 Å². The molecule has 2 aromatic carbocycles. The summed E-state index contributed by atoms with van der Waals surface area (Å²) in [5.74, 6) is -0.213. The van der Waals surface area contributed by atoms with Crippen molar-refractivity contribution in [3.05, 3.63) is 84.3 Å². The molecule has 132 valence electrons. The lowest BCUT2D eigenvalue weighted by atomic mass is 10.0. The van der Waals surface area contributed by atoms with Crippen LogP contribution in [0.1, 0.15) is 22.8 Å². The summed E-state index contributed by atoms with van der Waals surface area (Å²) < 4.78 is 0. The second-order valence-corrected chi connectivity index (χ2v) is 6.19. The Morgan fingerprint density at radius 2 is 1.81 bits per heavy atom. The number of aromatic nitrogens is 2. The first-order valence-corrected chi connectivity index (χ1v) is 8.53. The van der Waals surface area contributed by atoms with Crippen LogP contribution < -0.4 is 5.32 Å². The quantitative estimate of drug-likeness (QED) is 0.719. The summed E-state index contributed by atoms with van der Waals surface area (Å²) in [6.07, 6.45) is 4.77. The Kier molecular flexibility index (Phi) is 5.71. The Hall–Kier alpha value is -3.05. The zero-order valence-corrected chi connectivity index (χ0v) is 14.5. The van der Waals surface area contributed by atoms with Crippen molar-refractivity contribution >= 4 is 5.91 Å². The van der Waals surface area contributed by atoms with E-state index >= 15 is 0 Å². The molecule has 3 rings (SSSR count). The van der Waals surface area contributed by atoms with Crippen molar-refractivity contribution in [3.63, 3.8) is 0 Å². The highest BCUT2D eigenvalue weighted by molar-refractivity contribution is 5.94. The van der Waals surface area contributed by atoms with Gasteiger partial charge in [0.05, 0.1) is 24.0 Å². The number of benzene rings is 2. The summed E-state index contributed by atoms with van der Waals surface area (Å²) in [7, 11) is 0. The molecule has 2 atom stereocenters. The predicted molar refractivity (Wildman–Crippen MR) is 101 cm³/mol. The molecule has 0 aliphatic rings. The van der Waals surface area contributed by atoms with Crippen LogP contribution in [-0.2, 0) is 6.42 Å². The molecule has 2 N–H and O–H groups in total. The van der Waals surface area contributed by atoms with E-state index < -0.39 is 6.10 Å². The van der Waals surface area contributed by atoms with Gasteiger partial charge in [0.2, 0.25) is 0 Å². The minimum Gasteiger partial charge on any atom is -0.391 e. The van der Waals surface area contributed by atoms with Gasteiger partial charge < -0.3 is 10.4 Å². The molecule has 5 nitrogen and oxygen atoms in total. The third kappa shape index (κ3) is 4.52. The minimum atomic E-state index is -0.653. The molecule has 0 fully saturated rings. The molecule has 0 unspecified atom stereocenters. The monoisotopic (exact) mass is 347 g/mol. The van der Waals surface area contributed by atoms with Crippen LogP contribution in [0.4, 0.5) is 0 Å². The van der Waals surface area contributed by atoms with E-state index in [9.17, 15) is 9.90 Å². The minimum absolute atomic E-state index is 0.213. The van der Waals surface area contributed by atoms with E-state index in [2.05, 4.69) is 15.3 Å². The smallest absolute Gasteiger partial charge is 0.251 e. The van der Waals surface area contributed by atoms with Crippen LogP contribution in [-0.4, -0.2) is 33.1 Å². The zero-order chi connectivity index (χ0) is 18.4. The maximum atomic E-state index is 12.4. The van der Waals surface area contributed by atoms with Gasteiger partial charge in [0, 0.05) is 29.9 Å². The van der Waals surface area contributed by atoms with E-state index in [0.717, 1.165) is 16.8 Å². The van der Waals surface area contributed by atoms with Gasteiger partial charge in [0.1, 0.15) is 0 Å². The largest absolute Gasteiger partial charge is 0.391 e. The Balaban J connectivity index is 1.60. The van der Waals surface area contributed by atoms with Gasteiger partial charge in [-0.25, -0.2) is 0 Å². The molecule has 0 saturated carbocycles. The average Bonchev–Trinajstić information content (AvgIpc) is 2.69. The molecule has 3 aromatic rings. The Labute approximate surface area is 152 Å². The van der Waals surface area contributed by atoms with Crippen molar-refractivity contribution in [2.24, 2.45) is 0 Å². The van der Waals surface area contributed by atoms with Gasteiger partial charge in [0.25, 0.3) is 5.91 Å². The Bertz CT molecular complexity index is 836. The fraction of sp³-hybridized carbons (Fsp3) is 0.190. The number of nitrogens with zero attached hydrogens (tertiary/aromatic N) is 2. The number of aliphatic hydroxyl groups excluding tert-OH is 1. The molecule has 1 amide bonds. The third-order valence-corrected chi connectivity index (χ3v) is 4.23. The summed E-state index contributed by atoms with van der Waals surface area (Å²) in [6, 6.07) is 16.5. The molecule has 0 spiro atoms. The number of nitrogens with one attached hydrogen (secondary N) is 1. The number of carbonyl (C=O) groups excluding carboxylic acids is 1. The summed E-state index contributed by atoms with van der Waals surface area (Å²) in [5.41, 5.74) is 3.23. The highest BCUT2D eigenvalue weighted by Gasteiger charge is 2.18. The molecular weight excluding hydrogens is 326 g/mol. The van der Waals surface area contributed by atoms with Gasteiger partial charge in [-0.3, -0.25) is 14.8 Å². The Morgan fingerprint density at radius 1 is 1.08 bits per heavy atom. The van der Waals surface area contributed by atoms with Crippen LogP contribution in [0.3, 0.4) is 0 Å². The molecule has 1 heterocycles. The van der Waals surface area contributed by atoms with Crippen LogP contribution >= 0.6 is 0 Å². The van der Waals surface area contributed by atoms with E-state index in [0.29, 0.717) is 12.0 Å². The first-order valence-electron chi connectivity index (χ1n) is 8.53. The second-order valence-electron chi connectivity index (χ2n) is 6.19. The van der Waals surface area contributed by atoms with Crippen LogP contribution in [0, 0.1) is 0 Å². The lowest BCUT2D eigenvalue weighted by Crippen LogP contribution is -2.42. The van der Waals surface area contributed by atoms with Gasteiger partial charge >= 0.3 is 0 Å². The predicted octanol–water partition coefficient (Wildman–Crippen LogP) is 2.87. The van der Waals surface area contributed by atoms with Crippen LogP contribution in [0.25, 0.3) is 11.3 Å². The fourth-order valence-corrected chi connectivity index (χ4v) is 2.66. The summed E-state index contributed by atoms with van der Waals surface area (Å²) in [4.78, 5) is 20.7. The standard InChI is InChI=1S/C21H21N3O2/c1-15(20(25)13-16-5-3-2-4-6-16)24-21(26)18-9-7-17(8-10-18)19-14-22-11-12-23-19/h2-12,14-15,20,25H,13H2,1H3,(H,24,26)/t15-,20-/m0/s1. The summed E-state index contributed by atoms with van der Waals surface area (Å²) in [6.45, 7) is 1.80. The normalized spacial score (nSPS) is 13.0. The third-order valence-electron chi connectivity index (χ3n) is 4.23. The van der Waals surface area contributed by atoms with Gasteiger partial charge in [-0.1, -0.05) is 42.5 Å². The van der Waals surface area contributed by atoms with Gasteiger partial charge in [0.15, 0.2) is 0 Å². The highest BCUT2D eigenvalue weighted by atomic mass is 16.3. The molecule has 1 aromatic heterocycles. The van der Waals surface area contributed by atoms with Crippen molar-refractivity contribution < 1.29 is 9.90 Å². The molecule has 0 aliphatic heterocycles. The lowest BCUT2D eigenvalue weighted by Gasteiger charge is -2.20. The zero-order valence-electron chi connectivity index (χ0n) is 14.5. The van der Waals surface area contributed by atoms with E-state index in [1.54, 1.807) is 37.6 Å². The first kappa shape index (κ1) is 17.8. The SMILES string of the molecule is C[C@H](NC(=O)c1ccc(-c2cnccn2)cc1)[C@@H](O)Cc1ccccc1. The molecule has 26 heavy (non-hydrogen) atoms. The van der Waals surface area contributed by atoms with Crippen molar-refractivity contribution in [2.75, 3.05) is 0 Å². The average molecular weight is 347 g/mol. The van der Waals surface area contributed by atoms with Crippen molar-refractivity contribution in [2.45, 2.75) is 25.5 Å². The van der Waals surface area contributed by atoms with Crippen LogP contribution in [0.15, 0.2) is 73.2 Å². The van der Waals surface area contributed by atoms with Gasteiger partial charge in [-0.15, -0.1) is 0 Å². The molecule has 0 radical (unpaired) electrons. The number of hydrogen-bond acceptors (Lipinski definition) is 4. The first-order chi connectivity index (χ1) is 12.6. The topological polar surface area (TPSA) is 75.1 Å². The van der Waals surface area contributed by atoms with E-state index in [1.807, 2.05) is 42.5 Å². The van der Waals surface area contributed by atoms with Crippen LogP contribution in [0.5, 0.6) is 0 Å². The van der Waals surface area contributed by atoms with Gasteiger partial charge in [-0.05, 0) is 24.6 Å². The van der Waals surface area contributed by atoms with Crippen molar-refractivity contribution in [1.82, 2.24) is 15.3 Å². The number of amides is 1.